The van der Waals surface area contributed by atoms with E-state index in [1.54, 1.807) is 36.7 Å². The molecule has 1 aromatic heterocycles. The highest BCUT2D eigenvalue weighted by molar-refractivity contribution is 5.93. The number of amides is 1. The molecule has 22 heavy (non-hydrogen) atoms. The molecule has 0 aliphatic heterocycles. The number of carbonyl (C=O) groups excluding carboxylic acids is 1. The molecule has 1 unspecified atom stereocenters. The van der Waals surface area contributed by atoms with E-state index in [0.717, 1.165) is 12.5 Å². The number of carbonyl (C=O) groups is 1. The third-order valence-electron chi connectivity index (χ3n) is 3.20. The van der Waals surface area contributed by atoms with E-state index < -0.39 is 18.0 Å². The lowest BCUT2D eigenvalue weighted by atomic mass is 10.1. The SMILES string of the molecule is Cc1ccc(NC(=O)C(C)C(F)(F)F)cc1-c1ncccn1. The number of alkyl halides is 3. The Morgan fingerprint density at radius 3 is 2.45 bits per heavy atom. The minimum Gasteiger partial charge on any atom is -0.326 e. The van der Waals surface area contributed by atoms with Crippen LogP contribution in [0.3, 0.4) is 0 Å². The summed E-state index contributed by atoms with van der Waals surface area (Å²) in [6.45, 7) is 2.65. The highest BCUT2D eigenvalue weighted by atomic mass is 19.4. The fraction of sp³-hybridized carbons (Fsp3) is 0.267. The van der Waals surface area contributed by atoms with Crippen LogP contribution in [-0.4, -0.2) is 22.1 Å². The van der Waals surface area contributed by atoms with E-state index in [-0.39, 0.29) is 5.69 Å². The smallest absolute Gasteiger partial charge is 0.326 e. The van der Waals surface area contributed by atoms with E-state index >= 15 is 0 Å². The number of rotatable bonds is 3. The van der Waals surface area contributed by atoms with Gasteiger partial charge >= 0.3 is 6.18 Å². The van der Waals surface area contributed by atoms with E-state index in [9.17, 15) is 18.0 Å². The normalized spacial score (nSPS) is 12.8. The van der Waals surface area contributed by atoms with E-state index in [0.29, 0.717) is 11.4 Å². The van der Waals surface area contributed by atoms with Gasteiger partial charge in [-0.3, -0.25) is 4.79 Å². The van der Waals surface area contributed by atoms with Crippen LogP contribution in [0.4, 0.5) is 18.9 Å². The van der Waals surface area contributed by atoms with Crippen molar-refractivity contribution in [1.82, 2.24) is 9.97 Å². The van der Waals surface area contributed by atoms with Crippen molar-refractivity contribution in [3.05, 3.63) is 42.2 Å². The number of anilines is 1. The van der Waals surface area contributed by atoms with Crippen molar-refractivity contribution in [3.8, 4) is 11.4 Å². The fourth-order valence-electron chi connectivity index (χ4n) is 1.78. The van der Waals surface area contributed by atoms with Gasteiger partial charge in [-0.15, -0.1) is 0 Å². The molecule has 1 atom stereocenters. The molecule has 116 valence electrons. The largest absolute Gasteiger partial charge is 0.400 e. The molecule has 0 aliphatic carbocycles. The number of aryl methyl sites for hydroxylation is 1. The zero-order chi connectivity index (χ0) is 16.3. The van der Waals surface area contributed by atoms with Crippen molar-refractivity contribution in [3.63, 3.8) is 0 Å². The molecule has 0 radical (unpaired) electrons. The first-order valence-corrected chi connectivity index (χ1v) is 6.54. The Morgan fingerprint density at radius 1 is 1.23 bits per heavy atom. The molecule has 1 aromatic carbocycles. The summed E-state index contributed by atoms with van der Waals surface area (Å²) < 4.78 is 37.6. The van der Waals surface area contributed by atoms with Crippen LogP contribution >= 0.6 is 0 Å². The Morgan fingerprint density at radius 2 is 1.86 bits per heavy atom. The van der Waals surface area contributed by atoms with Crippen LogP contribution in [0.2, 0.25) is 0 Å². The van der Waals surface area contributed by atoms with E-state index in [2.05, 4.69) is 15.3 Å². The first kappa shape index (κ1) is 15.9. The van der Waals surface area contributed by atoms with Crippen molar-refractivity contribution < 1.29 is 18.0 Å². The van der Waals surface area contributed by atoms with E-state index in [4.69, 9.17) is 0 Å². The van der Waals surface area contributed by atoms with Gasteiger partial charge in [0.2, 0.25) is 5.91 Å². The zero-order valence-electron chi connectivity index (χ0n) is 12.0. The number of nitrogens with one attached hydrogen (secondary N) is 1. The van der Waals surface area contributed by atoms with Gasteiger partial charge in [0.25, 0.3) is 0 Å². The molecule has 4 nitrogen and oxygen atoms in total. The molecule has 1 N–H and O–H groups in total. The lowest BCUT2D eigenvalue weighted by Gasteiger charge is -2.16. The molecule has 0 saturated carbocycles. The van der Waals surface area contributed by atoms with Crippen molar-refractivity contribution in [1.29, 1.82) is 0 Å². The van der Waals surface area contributed by atoms with Gasteiger partial charge in [-0.1, -0.05) is 6.07 Å². The van der Waals surface area contributed by atoms with Crippen molar-refractivity contribution in [2.45, 2.75) is 20.0 Å². The Bertz CT molecular complexity index is 671. The first-order valence-electron chi connectivity index (χ1n) is 6.54. The molecule has 1 heterocycles. The van der Waals surface area contributed by atoms with Crippen LogP contribution < -0.4 is 5.32 Å². The molecule has 0 fully saturated rings. The van der Waals surface area contributed by atoms with Crippen molar-refractivity contribution in [2.75, 3.05) is 5.32 Å². The zero-order valence-corrected chi connectivity index (χ0v) is 12.0. The number of hydrogen-bond donors (Lipinski definition) is 1. The molecule has 1 amide bonds. The third kappa shape index (κ3) is 3.60. The molecule has 2 aromatic rings. The van der Waals surface area contributed by atoms with Gasteiger partial charge in [-0.05, 0) is 37.6 Å². The predicted molar refractivity (Wildman–Crippen MR) is 76.1 cm³/mol. The van der Waals surface area contributed by atoms with Crippen LogP contribution in [0.25, 0.3) is 11.4 Å². The molecule has 7 heteroatoms. The van der Waals surface area contributed by atoms with Gasteiger partial charge in [0.1, 0.15) is 5.92 Å². The number of hydrogen-bond acceptors (Lipinski definition) is 3. The molecular formula is C15H14F3N3O. The number of aromatic nitrogens is 2. The summed E-state index contributed by atoms with van der Waals surface area (Å²) in [7, 11) is 0. The average molecular weight is 309 g/mol. The molecule has 0 spiro atoms. The average Bonchev–Trinajstić information content (AvgIpc) is 2.48. The minimum atomic E-state index is -4.57. The molecular weight excluding hydrogens is 295 g/mol. The summed E-state index contributed by atoms with van der Waals surface area (Å²) in [6.07, 6.45) is -1.43. The number of nitrogens with zero attached hydrogens (tertiary/aromatic N) is 2. The maximum atomic E-state index is 12.5. The quantitative estimate of drug-likeness (QED) is 0.942. The summed E-state index contributed by atoms with van der Waals surface area (Å²) in [5.41, 5.74) is 1.78. The molecule has 0 saturated heterocycles. The minimum absolute atomic E-state index is 0.272. The molecule has 0 aliphatic rings. The summed E-state index contributed by atoms with van der Waals surface area (Å²) >= 11 is 0. The van der Waals surface area contributed by atoms with Crippen LogP contribution in [0, 0.1) is 12.8 Å². The second kappa shape index (κ2) is 6.13. The second-order valence-corrected chi connectivity index (χ2v) is 4.85. The van der Waals surface area contributed by atoms with Crippen molar-refractivity contribution >= 4 is 11.6 Å². The summed E-state index contributed by atoms with van der Waals surface area (Å²) in [6, 6.07) is 6.46. The Balaban J connectivity index is 2.26. The summed E-state index contributed by atoms with van der Waals surface area (Å²) in [4.78, 5) is 19.8. The summed E-state index contributed by atoms with van der Waals surface area (Å²) in [5, 5.41) is 2.27. The lowest BCUT2D eigenvalue weighted by Crippen LogP contribution is -2.32. The van der Waals surface area contributed by atoms with Crippen LogP contribution in [-0.2, 0) is 4.79 Å². The fourth-order valence-corrected chi connectivity index (χ4v) is 1.78. The number of halogens is 3. The Kier molecular flexibility index (Phi) is 4.44. The van der Waals surface area contributed by atoms with Gasteiger partial charge in [-0.2, -0.15) is 13.2 Å². The van der Waals surface area contributed by atoms with Gasteiger partial charge in [0, 0.05) is 23.6 Å². The van der Waals surface area contributed by atoms with Crippen molar-refractivity contribution in [2.24, 2.45) is 5.92 Å². The number of benzene rings is 1. The summed E-state index contributed by atoms with van der Waals surface area (Å²) in [5.74, 6) is -2.73. The monoisotopic (exact) mass is 309 g/mol. The van der Waals surface area contributed by atoms with Gasteiger partial charge in [0.15, 0.2) is 5.82 Å². The highest BCUT2D eigenvalue weighted by Gasteiger charge is 2.41. The van der Waals surface area contributed by atoms with Gasteiger partial charge < -0.3 is 5.32 Å². The maximum absolute atomic E-state index is 12.5. The Labute approximate surface area is 125 Å². The van der Waals surface area contributed by atoms with Crippen LogP contribution in [0.15, 0.2) is 36.7 Å². The molecule has 2 rings (SSSR count). The molecule has 0 bridgehead atoms. The van der Waals surface area contributed by atoms with Gasteiger partial charge in [-0.25, -0.2) is 9.97 Å². The van der Waals surface area contributed by atoms with Crippen LogP contribution in [0.5, 0.6) is 0 Å². The van der Waals surface area contributed by atoms with Crippen LogP contribution in [0.1, 0.15) is 12.5 Å². The highest BCUT2D eigenvalue weighted by Crippen LogP contribution is 2.28. The van der Waals surface area contributed by atoms with Gasteiger partial charge in [0.05, 0.1) is 0 Å². The predicted octanol–water partition coefficient (Wildman–Crippen LogP) is 3.59. The lowest BCUT2D eigenvalue weighted by molar-refractivity contribution is -0.175. The third-order valence-corrected chi connectivity index (χ3v) is 3.20. The topological polar surface area (TPSA) is 54.9 Å². The van der Waals surface area contributed by atoms with E-state index in [1.165, 1.54) is 0 Å². The first-order chi connectivity index (χ1) is 10.3. The maximum Gasteiger partial charge on any atom is 0.400 e. The second-order valence-electron chi connectivity index (χ2n) is 4.85. The standard InChI is InChI=1S/C15H14F3N3O/c1-9-4-5-11(21-14(22)10(2)15(16,17)18)8-12(9)13-19-6-3-7-20-13/h3-8,10H,1-2H3,(H,21,22). The van der Waals surface area contributed by atoms with E-state index in [1.807, 2.05) is 6.92 Å². The Hall–Kier alpha value is -2.44.